The molecule has 0 saturated carbocycles. The fraction of sp³-hybridized carbons (Fsp3) is 0.300. The third-order valence-corrected chi connectivity index (χ3v) is 4.14. The molecule has 0 aliphatic rings. The van der Waals surface area contributed by atoms with Crippen molar-refractivity contribution in [2.24, 2.45) is 0 Å². The number of halogens is 2. The van der Waals surface area contributed by atoms with Gasteiger partial charge in [0.25, 0.3) is 0 Å². The van der Waals surface area contributed by atoms with Crippen LogP contribution in [0.2, 0.25) is 0 Å². The van der Waals surface area contributed by atoms with Gasteiger partial charge in [0, 0.05) is 12.1 Å². The molecule has 6 nitrogen and oxygen atoms in total. The summed E-state index contributed by atoms with van der Waals surface area (Å²) < 4.78 is 32.4. The Hall–Kier alpha value is -2.86. The van der Waals surface area contributed by atoms with Crippen molar-refractivity contribution in [3.05, 3.63) is 63.7 Å². The lowest BCUT2D eigenvalue weighted by atomic mass is 9.89. The smallest absolute Gasteiger partial charge is 0.343 e. The van der Waals surface area contributed by atoms with Gasteiger partial charge in [-0.05, 0) is 49.6 Å². The first-order chi connectivity index (χ1) is 13.1. The van der Waals surface area contributed by atoms with Crippen molar-refractivity contribution in [2.75, 3.05) is 0 Å². The second kappa shape index (κ2) is 8.44. The van der Waals surface area contributed by atoms with E-state index in [-0.39, 0.29) is 22.3 Å². The third kappa shape index (κ3) is 4.34. The number of nitrogens with zero attached hydrogens (tertiary/aromatic N) is 1. The Morgan fingerprint density at radius 1 is 0.964 bits per heavy atom. The molecular formula is C20H19F2NO5. The Labute approximate surface area is 160 Å². The molecule has 3 N–H and O–H groups in total. The SMILES string of the molecule is CC(O)c1cc(C(=O)Oc2cc(F)c(C#N)c(F)c2)cc(C(C)O)c1C(C)O. The third-order valence-electron chi connectivity index (χ3n) is 4.14. The average Bonchev–Trinajstić information content (AvgIpc) is 2.59. The van der Waals surface area contributed by atoms with E-state index in [0.29, 0.717) is 12.1 Å². The van der Waals surface area contributed by atoms with Crippen LogP contribution in [0.1, 0.15) is 71.7 Å². The maximum atomic E-state index is 13.7. The molecule has 28 heavy (non-hydrogen) atoms. The quantitative estimate of drug-likeness (QED) is 0.533. The number of aliphatic hydroxyl groups excluding tert-OH is 3. The largest absolute Gasteiger partial charge is 0.423 e. The number of hydrogen-bond donors (Lipinski definition) is 3. The number of carbonyl (C=O) groups is 1. The predicted molar refractivity (Wildman–Crippen MR) is 94.4 cm³/mol. The number of aliphatic hydroxyl groups is 3. The highest BCUT2D eigenvalue weighted by Crippen LogP contribution is 2.33. The standard InChI is InChI=1S/C20H19F2NO5/c1-9(24)14-4-12(5-15(10(2)25)19(14)11(3)26)20(27)28-13-6-17(21)16(8-23)18(22)7-13/h4-7,9-11,24-26H,1-3H3. The van der Waals surface area contributed by atoms with E-state index >= 15 is 0 Å². The summed E-state index contributed by atoms with van der Waals surface area (Å²) >= 11 is 0. The minimum atomic E-state index is -1.18. The fourth-order valence-corrected chi connectivity index (χ4v) is 2.87. The van der Waals surface area contributed by atoms with Crippen LogP contribution < -0.4 is 4.74 Å². The summed E-state index contributed by atoms with van der Waals surface area (Å²) in [6.07, 6.45) is -3.17. The number of esters is 1. The molecule has 0 bridgehead atoms. The van der Waals surface area contributed by atoms with Crippen LogP contribution in [-0.2, 0) is 0 Å². The molecule has 0 radical (unpaired) electrons. The van der Waals surface area contributed by atoms with Gasteiger partial charge < -0.3 is 20.1 Å². The molecule has 3 atom stereocenters. The van der Waals surface area contributed by atoms with Crippen LogP contribution in [0.3, 0.4) is 0 Å². The maximum Gasteiger partial charge on any atom is 0.343 e. The van der Waals surface area contributed by atoms with Crippen LogP contribution in [0.5, 0.6) is 5.75 Å². The number of benzene rings is 2. The molecule has 2 aromatic carbocycles. The van der Waals surface area contributed by atoms with Crippen molar-refractivity contribution in [1.29, 1.82) is 5.26 Å². The van der Waals surface area contributed by atoms with E-state index in [2.05, 4.69) is 0 Å². The van der Waals surface area contributed by atoms with Gasteiger partial charge >= 0.3 is 5.97 Å². The summed E-state index contributed by atoms with van der Waals surface area (Å²) in [6.45, 7) is 4.30. The fourth-order valence-electron chi connectivity index (χ4n) is 2.87. The van der Waals surface area contributed by atoms with Crippen molar-refractivity contribution in [1.82, 2.24) is 0 Å². The molecule has 8 heteroatoms. The van der Waals surface area contributed by atoms with E-state index in [0.717, 1.165) is 0 Å². The molecular weight excluding hydrogens is 372 g/mol. The van der Waals surface area contributed by atoms with E-state index in [4.69, 9.17) is 10.00 Å². The van der Waals surface area contributed by atoms with Crippen LogP contribution in [0.4, 0.5) is 8.78 Å². The molecule has 0 spiro atoms. The van der Waals surface area contributed by atoms with Crippen LogP contribution in [0.25, 0.3) is 0 Å². The highest BCUT2D eigenvalue weighted by molar-refractivity contribution is 5.91. The molecule has 148 valence electrons. The zero-order valence-corrected chi connectivity index (χ0v) is 15.4. The van der Waals surface area contributed by atoms with Crippen LogP contribution in [-0.4, -0.2) is 21.3 Å². The zero-order chi connectivity index (χ0) is 21.2. The molecule has 0 aliphatic carbocycles. The molecule has 0 heterocycles. The second-order valence-corrected chi connectivity index (χ2v) is 6.36. The van der Waals surface area contributed by atoms with Gasteiger partial charge in [-0.15, -0.1) is 0 Å². The lowest BCUT2D eigenvalue weighted by Crippen LogP contribution is -2.15. The second-order valence-electron chi connectivity index (χ2n) is 6.36. The predicted octanol–water partition coefficient (Wildman–Crippen LogP) is 3.22. The normalized spacial score (nSPS) is 14.1. The highest BCUT2D eigenvalue weighted by atomic mass is 19.1. The summed E-state index contributed by atoms with van der Waals surface area (Å²) in [6, 6.07) is 5.32. The van der Waals surface area contributed by atoms with E-state index < -0.39 is 47.2 Å². The number of hydrogen-bond acceptors (Lipinski definition) is 6. The molecule has 2 aromatic rings. The Bertz CT molecular complexity index is 896. The van der Waals surface area contributed by atoms with Crippen molar-refractivity contribution < 1.29 is 33.6 Å². The minimum Gasteiger partial charge on any atom is -0.423 e. The van der Waals surface area contributed by atoms with Gasteiger partial charge in [0.1, 0.15) is 29.0 Å². The highest BCUT2D eigenvalue weighted by Gasteiger charge is 2.23. The Kier molecular flexibility index (Phi) is 6.46. The van der Waals surface area contributed by atoms with Crippen LogP contribution in [0, 0.1) is 23.0 Å². The number of ether oxygens (including phenoxy) is 1. The lowest BCUT2D eigenvalue weighted by molar-refractivity contribution is 0.0732. The van der Waals surface area contributed by atoms with Gasteiger partial charge in [-0.3, -0.25) is 0 Å². The molecule has 0 aromatic heterocycles. The van der Waals surface area contributed by atoms with Crippen molar-refractivity contribution in [3.63, 3.8) is 0 Å². The molecule has 0 fully saturated rings. The molecule has 0 aliphatic heterocycles. The minimum absolute atomic E-state index is 0.0959. The van der Waals surface area contributed by atoms with Gasteiger partial charge in [-0.1, -0.05) is 0 Å². The summed E-state index contributed by atoms with van der Waals surface area (Å²) in [7, 11) is 0. The Balaban J connectivity index is 2.50. The Morgan fingerprint density at radius 2 is 1.43 bits per heavy atom. The van der Waals surface area contributed by atoms with Crippen molar-refractivity contribution in [2.45, 2.75) is 39.1 Å². The molecule has 2 rings (SSSR count). The lowest BCUT2D eigenvalue weighted by Gasteiger charge is -2.22. The van der Waals surface area contributed by atoms with E-state index in [1.807, 2.05) is 0 Å². The summed E-state index contributed by atoms with van der Waals surface area (Å²) in [4.78, 5) is 12.5. The zero-order valence-electron chi connectivity index (χ0n) is 15.4. The topological polar surface area (TPSA) is 111 Å². The van der Waals surface area contributed by atoms with Gasteiger partial charge in [0.2, 0.25) is 0 Å². The van der Waals surface area contributed by atoms with Crippen molar-refractivity contribution in [3.8, 4) is 11.8 Å². The van der Waals surface area contributed by atoms with E-state index in [1.54, 1.807) is 0 Å². The van der Waals surface area contributed by atoms with E-state index in [1.165, 1.54) is 39.0 Å². The van der Waals surface area contributed by atoms with Crippen LogP contribution >= 0.6 is 0 Å². The van der Waals surface area contributed by atoms with Crippen molar-refractivity contribution >= 4 is 5.97 Å². The van der Waals surface area contributed by atoms with Gasteiger partial charge in [-0.2, -0.15) is 5.26 Å². The number of nitriles is 1. The first-order valence-corrected chi connectivity index (χ1v) is 8.40. The van der Waals surface area contributed by atoms with Crippen LogP contribution in [0.15, 0.2) is 24.3 Å². The summed E-state index contributed by atoms with van der Waals surface area (Å²) in [5.41, 5.74) is -0.206. The average molecular weight is 391 g/mol. The van der Waals surface area contributed by atoms with Gasteiger partial charge in [0.05, 0.1) is 23.9 Å². The number of carbonyl (C=O) groups excluding carboxylic acids is 1. The maximum absolute atomic E-state index is 13.7. The molecule has 3 unspecified atom stereocenters. The number of rotatable bonds is 5. The van der Waals surface area contributed by atoms with E-state index in [9.17, 15) is 28.9 Å². The summed E-state index contributed by atoms with van der Waals surface area (Å²) in [5.74, 6) is -3.80. The Morgan fingerprint density at radius 3 is 1.79 bits per heavy atom. The molecule has 0 amide bonds. The van der Waals surface area contributed by atoms with Gasteiger partial charge in [-0.25, -0.2) is 13.6 Å². The summed E-state index contributed by atoms with van der Waals surface area (Å²) in [5, 5.41) is 38.7. The molecule has 0 saturated heterocycles. The first kappa shape index (κ1) is 21.4. The monoisotopic (exact) mass is 391 g/mol. The van der Waals surface area contributed by atoms with Gasteiger partial charge in [0.15, 0.2) is 0 Å². The first-order valence-electron chi connectivity index (χ1n) is 8.40.